The van der Waals surface area contributed by atoms with Gasteiger partial charge in [0.15, 0.2) is 11.8 Å². The molecule has 0 radical (unpaired) electrons. The van der Waals surface area contributed by atoms with Gasteiger partial charge >= 0.3 is 5.97 Å². The number of hydrogen-bond acceptors (Lipinski definition) is 6. The summed E-state index contributed by atoms with van der Waals surface area (Å²) in [6.45, 7) is -0.468. The van der Waals surface area contributed by atoms with Crippen molar-refractivity contribution in [2.75, 3.05) is 26.1 Å². The second-order valence-corrected chi connectivity index (χ2v) is 6.13. The fourth-order valence-corrected chi connectivity index (χ4v) is 2.81. The zero-order chi connectivity index (χ0) is 20.8. The Morgan fingerprint density at radius 1 is 1.21 bits per heavy atom. The first-order valence-corrected chi connectivity index (χ1v) is 8.89. The van der Waals surface area contributed by atoms with E-state index < -0.39 is 18.5 Å². The Balaban J connectivity index is 1.60. The quantitative estimate of drug-likeness (QED) is 0.470. The Kier molecular flexibility index (Phi) is 6.36. The van der Waals surface area contributed by atoms with Crippen LogP contribution in [0.3, 0.4) is 0 Å². The van der Waals surface area contributed by atoms with Crippen LogP contribution in [0, 0.1) is 0 Å². The first kappa shape index (κ1) is 20.2. The number of rotatable bonds is 7. The van der Waals surface area contributed by atoms with Crippen LogP contribution in [-0.2, 0) is 14.3 Å². The van der Waals surface area contributed by atoms with E-state index in [1.807, 2.05) is 12.1 Å². The third kappa shape index (κ3) is 4.85. The molecule has 2 aromatic heterocycles. The molecule has 0 aliphatic heterocycles. The number of benzene rings is 1. The third-order valence-corrected chi connectivity index (χ3v) is 4.20. The minimum atomic E-state index is -0.695. The van der Waals surface area contributed by atoms with E-state index in [0.717, 1.165) is 0 Å². The van der Waals surface area contributed by atoms with Crippen LogP contribution < -0.4 is 14.8 Å². The van der Waals surface area contributed by atoms with Crippen LogP contribution in [-0.4, -0.2) is 42.1 Å². The maximum atomic E-state index is 12.1. The number of esters is 1. The number of halogens is 1. The number of fused-ring (bicyclic) bond motifs is 1. The van der Waals surface area contributed by atoms with Gasteiger partial charge in [-0.15, -0.1) is 0 Å². The Morgan fingerprint density at radius 2 is 2.03 bits per heavy atom. The number of methoxy groups -OCH3 is 2. The van der Waals surface area contributed by atoms with Crippen LogP contribution in [0.25, 0.3) is 11.7 Å². The van der Waals surface area contributed by atoms with Gasteiger partial charge in [-0.2, -0.15) is 0 Å². The molecule has 3 rings (SSSR count). The summed E-state index contributed by atoms with van der Waals surface area (Å²) in [4.78, 5) is 28.2. The van der Waals surface area contributed by atoms with Crippen LogP contribution in [0.5, 0.6) is 11.5 Å². The molecule has 0 saturated heterocycles. The number of nitrogens with one attached hydrogen (secondary N) is 1. The SMILES string of the molecule is COc1ccc(OC)c(NC(=O)COC(=O)/C=C/c2c(Cl)nc3ccccn23)c1. The molecule has 0 aliphatic rings. The fraction of sp³-hybridized carbons (Fsp3) is 0.150. The Hall–Kier alpha value is -3.52. The molecule has 0 spiro atoms. The Bertz CT molecular complexity index is 1080. The first-order valence-electron chi connectivity index (χ1n) is 8.51. The van der Waals surface area contributed by atoms with Crippen molar-refractivity contribution in [3.05, 3.63) is 59.5 Å². The monoisotopic (exact) mass is 415 g/mol. The minimum Gasteiger partial charge on any atom is -0.497 e. The van der Waals surface area contributed by atoms with Crippen LogP contribution >= 0.6 is 11.6 Å². The number of ether oxygens (including phenoxy) is 3. The lowest BCUT2D eigenvalue weighted by Gasteiger charge is -2.11. The molecule has 1 N–H and O–H groups in total. The lowest BCUT2D eigenvalue weighted by atomic mass is 10.2. The molecular weight excluding hydrogens is 398 g/mol. The van der Waals surface area contributed by atoms with Gasteiger partial charge in [-0.25, -0.2) is 9.78 Å². The van der Waals surface area contributed by atoms with Gasteiger partial charge < -0.3 is 19.5 Å². The summed E-state index contributed by atoms with van der Waals surface area (Å²) in [6.07, 6.45) is 4.43. The van der Waals surface area contributed by atoms with Gasteiger partial charge in [-0.3, -0.25) is 9.20 Å². The normalized spacial score (nSPS) is 10.9. The number of pyridine rings is 1. The molecule has 3 aromatic rings. The van der Waals surface area contributed by atoms with Crippen LogP contribution in [0.4, 0.5) is 5.69 Å². The highest BCUT2D eigenvalue weighted by Crippen LogP contribution is 2.28. The lowest BCUT2D eigenvalue weighted by molar-refractivity contribution is -0.142. The number of imidazole rings is 1. The van der Waals surface area contributed by atoms with Crippen molar-refractivity contribution in [2.24, 2.45) is 0 Å². The first-order chi connectivity index (χ1) is 14.0. The molecule has 2 heterocycles. The van der Waals surface area contributed by atoms with E-state index in [1.165, 1.54) is 26.4 Å². The molecule has 150 valence electrons. The van der Waals surface area contributed by atoms with E-state index in [2.05, 4.69) is 10.3 Å². The smallest absolute Gasteiger partial charge is 0.331 e. The van der Waals surface area contributed by atoms with Gasteiger partial charge in [0.05, 0.1) is 25.6 Å². The molecule has 29 heavy (non-hydrogen) atoms. The third-order valence-electron chi connectivity index (χ3n) is 3.93. The molecule has 0 saturated carbocycles. The molecule has 0 fully saturated rings. The highest BCUT2D eigenvalue weighted by Gasteiger charge is 2.12. The van der Waals surface area contributed by atoms with E-state index in [-0.39, 0.29) is 5.15 Å². The zero-order valence-corrected chi connectivity index (χ0v) is 16.5. The predicted octanol–water partition coefficient (Wildman–Crippen LogP) is 3.20. The molecule has 0 bridgehead atoms. The van der Waals surface area contributed by atoms with Crippen LogP contribution in [0.2, 0.25) is 5.15 Å². The molecule has 9 heteroatoms. The standard InChI is InChI=1S/C20H18ClN3O5/c1-27-13-6-8-16(28-2)14(11-13)22-18(25)12-29-19(26)9-7-15-20(21)23-17-5-3-4-10-24(15)17/h3-11H,12H2,1-2H3,(H,22,25)/b9-7+. The molecule has 0 unspecified atom stereocenters. The number of amides is 1. The Morgan fingerprint density at radius 3 is 2.79 bits per heavy atom. The minimum absolute atomic E-state index is 0.253. The summed E-state index contributed by atoms with van der Waals surface area (Å²) in [5.74, 6) is -0.218. The number of aromatic nitrogens is 2. The van der Waals surface area contributed by atoms with Crippen molar-refractivity contribution in [2.45, 2.75) is 0 Å². The van der Waals surface area contributed by atoms with Crippen molar-refractivity contribution < 1.29 is 23.8 Å². The number of hydrogen-bond donors (Lipinski definition) is 1. The number of anilines is 1. The van der Waals surface area contributed by atoms with E-state index in [4.69, 9.17) is 25.8 Å². The number of nitrogens with zero attached hydrogens (tertiary/aromatic N) is 2. The average molecular weight is 416 g/mol. The fourth-order valence-electron chi connectivity index (χ4n) is 2.57. The van der Waals surface area contributed by atoms with Gasteiger partial charge in [0.25, 0.3) is 5.91 Å². The van der Waals surface area contributed by atoms with E-state index in [9.17, 15) is 9.59 Å². The van der Waals surface area contributed by atoms with Gasteiger partial charge in [0.2, 0.25) is 0 Å². The Labute approximate surface area is 171 Å². The highest BCUT2D eigenvalue weighted by molar-refractivity contribution is 6.31. The summed E-state index contributed by atoms with van der Waals surface area (Å²) >= 11 is 6.10. The second-order valence-electron chi connectivity index (χ2n) is 5.77. The molecule has 8 nitrogen and oxygen atoms in total. The molecule has 0 aliphatic carbocycles. The molecular formula is C20H18ClN3O5. The average Bonchev–Trinajstić information content (AvgIpc) is 3.05. The van der Waals surface area contributed by atoms with Crippen molar-refractivity contribution >= 4 is 40.9 Å². The van der Waals surface area contributed by atoms with E-state index in [1.54, 1.807) is 34.9 Å². The van der Waals surface area contributed by atoms with Gasteiger partial charge in [-0.05, 0) is 30.3 Å². The topological polar surface area (TPSA) is 91.2 Å². The molecule has 0 atom stereocenters. The molecule has 1 amide bonds. The summed E-state index contributed by atoms with van der Waals surface area (Å²) in [5.41, 5.74) is 1.59. The maximum absolute atomic E-state index is 12.1. The van der Waals surface area contributed by atoms with Crippen molar-refractivity contribution in [3.8, 4) is 11.5 Å². The van der Waals surface area contributed by atoms with Crippen molar-refractivity contribution in [1.82, 2.24) is 9.38 Å². The summed E-state index contributed by atoms with van der Waals surface area (Å²) < 4.78 is 17.0. The summed E-state index contributed by atoms with van der Waals surface area (Å²) in [5, 5.41) is 2.87. The largest absolute Gasteiger partial charge is 0.497 e. The van der Waals surface area contributed by atoms with E-state index in [0.29, 0.717) is 28.5 Å². The van der Waals surface area contributed by atoms with Crippen molar-refractivity contribution in [3.63, 3.8) is 0 Å². The van der Waals surface area contributed by atoms with E-state index >= 15 is 0 Å². The van der Waals surface area contributed by atoms with Gasteiger partial charge in [0.1, 0.15) is 17.1 Å². The van der Waals surface area contributed by atoms with Gasteiger partial charge in [0, 0.05) is 18.3 Å². The second kappa shape index (κ2) is 9.11. The number of carbonyl (C=O) groups excluding carboxylic acids is 2. The van der Waals surface area contributed by atoms with Crippen LogP contribution in [0.1, 0.15) is 5.69 Å². The zero-order valence-electron chi connectivity index (χ0n) is 15.7. The van der Waals surface area contributed by atoms with Crippen LogP contribution in [0.15, 0.2) is 48.7 Å². The lowest BCUT2D eigenvalue weighted by Crippen LogP contribution is -2.20. The highest BCUT2D eigenvalue weighted by atomic mass is 35.5. The van der Waals surface area contributed by atoms with Gasteiger partial charge in [-0.1, -0.05) is 17.7 Å². The summed E-state index contributed by atoms with van der Waals surface area (Å²) in [7, 11) is 2.99. The van der Waals surface area contributed by atoms with Crippen molar-refractivity contribution in [1.29, 1.82) is 0 Å². The number of carbonyl (C=O) groups is 2. The predicted molar refractivity (Wildman–Crippen MR) is 108 cm³/mol. The summed E-state index contributed by atoms with van der Waals surface area (Å²) in [6, 6.07) is 10.4. The maximum Gasteiger partial charge on any atom is 0.331 e. The molecule has 1 aromatic carbocycles.